The van der Waals surface area contributed by atoms with Gasteiger partial charge in [-0.05, 0) is 36.4 Å². The van der Waals surface area contributed by atoms with Gasteiger partial charge >= 0.3 is 17.7 Å². The number of carbonyl (C=O) groups is 2. The predicted octanol–water partition coefficient (Wildman–Crippen LogP) is 2.92. The molecule has 10 heteroatoms. The van der Waals surface area contributed by atoms with Crippen LogP contribution in [-0.4, -0.2) is 32.3 Å². The number of nitrogens with zero attached hydrogens (tertiary/aromatic N) is 1. The maximum absolute atomic E-state index is 13.4. The molecular formula is C19H19FN2O6S. The van der Waals surface area contributed by atoms with Crippen molar-refractivity contribution in [3.8, 4) is 5.75 Å². The highest BCUT2D eigenvalue weighted by Gasteiger charge is 2.48. The van der Waals surface area contributed by atoms with Crippen molar-refractivity contribution in [3.05, 3.63) is 48.3 Å². The van der Waals surface area contributed by atoms with E-state index in [1.54, 1.807) is 6.92 Å². The molecule has 1 amide bonds. The third-order valence-electron chi connectivity index (χ3n) is 4.08. The Morgan fingerprint density at radius 1 is 1.24 bits per heavy atom. The number of benzene rings is 2. The maximum atomic E-state index is 13.4. The number of fused-ring (bicyclic) bond motifs is 1. The lowest BCUT2D eigenvalue weighted by Gasteiger charge is -2.39. The molecule has 154 valence electrons. The van der Waals surface area contributed by atoms with Crippen LogP contribution in [0.25, 0.3) is 0 Å². The smallest absolute Gasteiger partial charge is 0.332 e. The Labute approximate surface area is 167 Å². The van der Waals surface area contributed by atoms with Crippen LogP contribution < -0.4 is 14.4 Å². The molecule has 8 nitrogen and oxygen atoms in total. The second-order valence-electron chi connectivity index (χ2n) is 6.55. The molecule has 2 aromatic carbocycles. The molecule has 0 spiro atoms. The van der Waals surface area contributed by atoms with Crippen LogP contribution in [0.5, 0.6) is 5.75 Å². The number of halogens is 1. The zero-order valence-electron chi connectivity index (χ0n) is 15.9. The summed E-state index contributed by atoms with van der Waals surface area (Å²) in [7, 11) is -3.55. The average Bonchev–Trinajstić information content (AvgIpc) is 2.62. The summed E-state index contributed by atoms with van der Waals surface area (Å²) in [4.78, 5) is 26.3. The Hall–Kier alpha value is -3.14. The van der Waals surface area contributed by atoms with Crippen LogP contribution in [0.3, 0.4) is 0 Å². The molecule has 1 unspecified atom stereocenters. The Balaban J connectivity index is 2.13. The largest absolute Gasteiger partial charge is 0.442 e. The van der Waals surface area contributed by atoms with Gasteiger partial charge in [0, 0.05) is 25.1 Å². The van der Waals surface area contributed by atoms with E-state index in [4.69, 9.17) is 9.47 Å². The topological polar surface area (TPSA) is 102 Å². The number of hydrogen-bond acceptors (Lipinski definition) is 6. The molecule has 29 heavy (non-hydrogen) atoms. The molecular weight excluding hydrogens is 403 g/mol. The quantitative estimate of drug-likeness (QED) is 0.744. The number of anilines is 3. The van der Waals surface area contributed by atoms with Gasteiger partial charge in [-0.25, -0.2) is 12.8 Å². The highest BCUT2D eigenvalue weighted by Crippen LogP contribution is 2.43. The molecule has 1 heterocycles. The molecule has 0 aromatic heterocycles. The van der Waals surface area contributed by atoms with Gasteiger partial charge < -0.3 is 9.47 Å². The van der Waals surface area contributed by atoms with E-state index in [9.17, 15) is 22.4 Å². The van der Waals surface area contributed by atoms with Crippen LogP contribution >= 0.6 is 0 Å². The molecule has 1 N–H and O–H groups in total. The molecule has 1 atom stereocenters. The summed E-state index contributed by atoms with van der Waals surface area (Å²) in [6, 6.07) is 9.47. The third kappa shape index (κ3) is 4.32. The van der Waals surface area contributed by atoms with E-state index in [0.717, 1.165) is 6.26 Å². The Bertz CT molecular complexity index is 1070. The summed E-state index contributed by atoms with van der Waals surface area (Å²) in [6.07, 6.45) is 1.01. The lowest BCUT2D eigenvalue weighted by molar-refractivity contribution is -0.197. The summed E-state index contributed by atoms with van der Waals surface area (Å²) < 4.78 is 49.7. The molecule has 2 aromatic rings. The molecule has 1 aliphatic heterocycles. The fourth-order valence-electron chi connectivity index (χ4n) is 2.82. The van der Waals surface area contributed by atoms with Crippen LogP contribution in [0.1, 0.15) is 20.3 Å². The molecule has 1 aliphatic rings. The first kappa shape index (κ1) is 20.6. The van der Waals surface area contributed by atoms with Crippen molar-refractivity contribution >= 4 is 39.0 Å². The Kier molecular flexibility index (Phi) is 5.22. The normalized spacial score (nSPS) is 18.6. The van der Waals surface area contributed by atoms with Gasteiger partial charge in [-0.2, -0.15) is 0 Å². The molecule has 0 saturated heterocycles. The number of sulfonamides is 1. The van der Waals surface area contributed by atoms with Gasteiger partial charge in [0.15, 0.2) is 5.75 Å². The first-order valence-corrected chi connectivity index (χ1v) is 10.5. The van der Waals surface area contributed by atoms with Crippen molar-refractivity contribution in [2.24, 2.45) is 0 Å². The highest BCUT2D eigenvalue weighted by molar-refractivity contribution is 7.92. The summed E-state index contributed by atoms with van der Waals surface area (Å²) in [5, 5.41) is 0. The fraction of sp³-hybridized carbons (Fsp3) is 0.263. The van der Waals surface area contributed by atoms with Crippen molar-refractivity contribution in [2.75, 3.05) is 15.9 Å². The standard InChI is InChI=1S/C19H19FN2O6S/c1-4-17(23)28-19(2)18(24)22(14-8-5-12(20)6-9-14)15-10-7-13(11-16(15)27-19)21-29(3,25)26/h5-11,21H,4H2,1-3H3. The molecule has 3 rings (SSSR count). The minimum absolute atomic E-state index is 0.0192. The SMILES string of the molecule is CCC(=O)OC1(C)Oc2cc(NS(C)(=O)=O)ccc2N(c2ccc(F)cc2)C1=O. The molecule has 0 radical (unpaired) electrons. The summed E-state index contributed by atoms with van der Waals surface area (Å²) in [5.74, 6) is -3.72. The number of carbonyl (C=O) groups excluding carboxylic acids is 2. The van der Waals surface area contributed by atoms with Crippen LogP contribution in [0.4, 0.5) is 21.5 Å². The van der Waals surface area contributed by atoms with Crippen molar-refractivity contribution in [2.45, 2.75) is 26.1 Å². The van der Waals surface area contributed by atoms with E-state index in [1.807, 2.05) is 0 Å². The lowest BCUT2D eigenvalue weighted by atomic mass is 10.1. The molecule has 0 bridgehead atoms. The Morgan fingerprint density at radius 3 is 2.48 bits per heavy atom. The van der Waals surface area contributed by atoms with Gasteiger partial charge in [-0.3, -0.25) is 19.2 Å². The second-order valence-corrected chi connectivity index (χ2v) is 8.30. The van der Waals surface area contributed by atoms with Crippen LogP contribution in [0.2, 0.25) is 0 Å². The van der Waals surface area contributed by atoms with E-state index < -0.39 is 33.5 Å². The van der Waals surface area contributed by atoms with Crippen molar-refractivity contribution in [1.82, 2.24) is 0 Å². The van der Waals surface area contributed by atoms with Crippen molar-refractivity contribution in [3.63, 3.8) is 0 Å². The summed E-state index contributed by atoms with van der Waals surface area (Å²) >= 11 is 0. The van der Waals surface area contributed by atoms with Gasteiger partial charge in [0.2, 0.25) is 10.0 Å². The van der Waals surface area contributed by atoms with Gasteiger partial charge in [0.05, 0.1) is 17.6 Å². The predicted molar refractivity (Wildman–Crippen MR) is 104 cm³/mol. The lowest BCUT2D eigenvalue weighted by Crippen LogP contribution is -2.55. The first-order valence-electron chi connectivity index (χ1n) is 8.65. The summed E-state index contributed by atoms with van der Waals surface area (Å²) in [5.41, 5.74) is 0.804. The van der Waals surface area contributed by atoms with Crippen LogP contribution in [0, 0.1) is 5.82 Å². The van der Waals surface area contributed by atoms with Gasteiger partial charge in [0.1, 0.15) is 5.82 Å². The van der Waals surface area contributed by atoms with Gasteiger partial charge in [-0.1, -0.05) is 6.92 Å². The van der Waals surface area contributed by atoms with Crippen molar-refractivity contribution < 1.29 is 31.9 Å². The number of rotatable bonds is 5. The second kappa shape index (κ2) is 7.36. The number of esters is 1. The fourth-order valence-corrected chi connectivity index (χ4v) is 3.38. The first-order chi connectivity index (χ1) is 13.5. The third-order valence-corrected chi connectivity index (χ3v) is 4.69. The van der Waals surface area contributed by atoms with E-state index in [0.29, 0.717) is 5.69 Å². The minimum atomic E-state index is -3.55. The van der Waals surface area contributed by atoms with Crippen LogP contribution in [0.15, 0.2) is 42.5 Å². The van der Waals surface area contributed by atoms with Crippen LogP contribution in [-0.2, 0) is 24.3 Å². The number of nitrogens with one attached hydrogen (secondary N) is 1. The van der Waals surface area contributed by atoms with Gasteiger partial charge in [0.25, 0.3) is 0 Å². The number of hydrogen-bond donors (Lipinski definition) is 1. The molecule has 0 saturated carbocycles. The summed E-state index contributed by atoms with van der Waals surface area (Å²) in [6.45, 7) is 2.86. The zero-order chi connectivity index (χ0) is 21.4. The van der Waals surface area contributed by atoms with Gasteiger partial charge in [-0.15, -0.1) is 0 Å². The minimum Gasteiger partial charge on any atom is -0.442 e. The number of amides is 1. The molecule has 0 aliphatic carbocycles. The zero-order valence-corrected chi connectivity index (χ0v) is 16.7. The maximum Gasteiger partial charge on any atom is 0.332 e. The Morgan fingerprint density at radius 2 is 1.90 bits per heavy atom. The highest BCUT2D eigenvalue weighted by atomic mass is 32.2. The molecule has 0 fully saturated rings. The number of ether oxygens (including phenoxy) is 2. The van der Waals surface area contributed by atoms with E-state index in [1.165, 1.54) is 54.3 Å². The van der Waals surface area contributed by atoms with Crippen molar-refractivity contribution in [1.29, 1.82) is 0 Å². The average molecular weight is 422 g/mol. The van der Waals surface area contributed by atoms with E-state index >= 15 is 0 Å². The van der Waals surface area contributed by atoms with E-state index in [-0.39, 0.29) is 23.5 Å². The monoisotopic (exact) mass is 422 g/mol. The van der Waals surface area contributed by atoms with E-state index in [2.05, 4.69) is 4.72 Å².